The molecule has 0 amide bonds. The Morgan fingerprint density at radius 3 is 2.10 bits per heavy atom. The Morgan fingerprint density at radius 2 is 1.71 bits per heavy atom. The highest BCUT2D eigenvalue weighted by Gasteiger charge is 2.36. The Morgan fingerprint density at radius 1 is 1.24 bits per heavy atom. The van der Waals surface area contributed by atoms with Crippen molar-refractivity contribution in [1.29, 1.82) is 0 Å². The lowest BCUT2D eigenvalue weighted by molar-refractivity contribution is -0.137. The monoisotopic (exact) mass is 353 g/mol. The lowest BCUT2D eigenvalue weighted by atomic mass is 10.1. The van der Waals surface area contributed by atoms with Gasteiger partial charge in [-0.3, -0.25) is 4.79 Å². The van der Waals surface area contributed by atoms with Crippen molar-refractivity contribution in [1.82, 2.24) is 4.31 Å². The van der Waals surface area contributed by atoms with E-state index in [1.165, 1.54) is 12.1 Å². The summed E-state index contributed by atoms with van der Waals surface area (Å²) in [4.78, 5) is 10.6. The predicted molar refractivity (Wildman–Crippen MR) is 82.4 cm³/mol. The lowest BCUT2D eigenvalue weighted by Gasteiger charge is -2.34. The predicted octanol–water partition coefficient (Wildman–Crippen LogP) is 3.26. The molecule has 8 heteroatoms. The molecule has 1 rings (SSSR count). The van der Waals surface area contributed by atoms with Crippen LogP contribution in [0.5, 0.6) is 0 Å². The van der Waals surface area contributed by atoms with E-state index >= 15 is 0 Å². The van der Waals surface area contributed by atoms with E-state index in [2.05, 4.69) is 0 Å². The van der Waals surface area contributed by atoms with Gasteiger partial charge in [0.1, 0.15) is 4.90 Å². The molecule has 118 valence electrons. The number of carboxylic acid groups (broad SMARTS) is 1. The summed E-state index contributed by atoms with van der Waals surface area (Å²) in [6, 6.07) is 4.40. The summed E-state index contributed by atoms with van der Waals surface area (Å²) in [7, 11) is -4.01. The second kappa shape index (κ2) is 6.52. The Hall–Kier alpha value is -0.820. The molecule has 0 atom stereocenters. The molecule has 0 unspecified atom stereocenters. The molecule has 0 fully saturated rings. The van der Waals surface area contributed by atoms with Gasteiger partial charge in [-0.2, -0.15) is 4.31 Å². The molecule has 21 heavy (non-hydrogen) atoms. The molecule has 1 aromatic carbocycles. The van der Waals surface area contributed by atoms with Crippen molar-refractivity contribution in [3.63, 3.8) is 0 Å². The zero-order chi connectivity index (χ0) is 16.4. The van der Waals surface area contributed by atoms with Crippen LogP contribution in [0.15, 0.2) is 23.1 Å². The molecule has 1 aromatic rings. The van der Waals surface area contributed by atoms with Gasteiger partial charge in [-0.1, -0.05) is 29.3 Å². The van der Waals surface area contributed by atoms with Gasteiger partial charge in [-0.15, -0.1) is 0 Å². The summed E-state index contributed by atoms with van der Waals surface area (Å²) in [6.07, 6.45) is -0.307. The summed E-state index contributed by atoms with van der Waals surface area (Å²) in [5, 5.41) is 8.81. The van der Waals surface area contributed by atoms with E-state index in [-0.39, 0.29) is 27.9 Å². The molecule has 0 heterocycles. The number of nitrogens with zero attached hydrogens (tertiary/aromatic N) is 1. The van der Waals surface area contributed by atoms with E-state index in [0.29, 0.717) is 0 Å². The third-order valence-electron chi connectivity index (χ3n) is 2.74. The van der Waals surface area contributed by atoms with Gasteiger partial charge in [-0.05, 0) is 32.9 Å². The lowest BCUT2D eigenvalue weighted by Crippen LogP contribution is -2.46. The van der Waals surface area contributed by atoms with Gasteiger partial charge in [0.2, 0.25) is 10.0 Å². The SMILES string of the molecule is CC(C)(C)N(CCC(=O)O)S(=O)(=O)c1c(Cl)cccc1Cl. The van der Waals surface area contributed by atoms with Crippen LogP contribution in [0.2, 0.25) is 10.0 Å². The molecule has 0 radical (unpaired) electrons. The molecule has 0 saturated carbocycles. The Balaban J connectivity index is 3.38. The van der Waals surface area contributed by atoms with Crippen molar-refractivity contribution in [2.24, 2.45) is 0 Å². The number of benzene rings is 1. The van der Waals surface area contributed by atoms with Crippen LogP contribution in [0.25, 0.3) is 0 Å². The van der Waals surface area contributed by atoms with Crippen molar-refractivity contribution in [2.45, 2.75) is 37.6 Å². The normalized spacial score (nSPS) is 12.7. The number of aliphatic carboxylic acids is 1. The maximum Gasteiger partial charge on any atom is 0.304 e. The second-order valence-corrected chi connectivity index (χ2v) is 8.06. The van der Waals surface area contributed by atoms with E-state index in [9.17, 15) is 13.2 Å². The number of halogens is 2. The van der Waals surface area contributed by atoms with Crippen LogP contribution < -0.4 is 0 Å². The fraction of sp³-hybridized carbons (Fsp3) is 0.462. The highest BCUT2D eigenvalue weighted by molar-refractivity contribution is 7.89. The zero-order valence-electron chi connectivity index (χ0n) is 11.9. The minimum atomic E-state index is -4.01. The highest BCUT2D eigenvalue weighted by Crippen LogP contribution is 2.34. The van der Waals surface area contributed by atoms with E-state index < -0.39 is 21.5 Å². The smallest absolute Gasteiger partial charge is 0.304 e. The third kappa shape index (κ3) is 4.32. The number of carboxylic acids is 1. The van der Waals surface area contributed by atoms with Crippen LogP contribution in [-0.2, 0) is 14.8 Å². The van der Waals surface area contributed by atoms with Crippen LogP contribution in [0.4, 0.5) is 0 Å². The average Bonchev–Trinajstić information content (AvgIpc) is 2.25. The molecule has 0 bridgehead atoms. The van der Waals surface area contributed by atoms with Gasteiger partial charge >= 0.3 is 5.97 Å². The topological polar surface area (TPSA) is 74.7 Å². The first kappa shape index (κ1) is 18.2. The van der Waals surface area contributed by atoms with Crippen LogP contribution in [0, 0.1) is 0 Å². The van der Waals surface area contributed by atoms with Gasteiger partial charge < -0.3 is 5.11 Å². The molecule has 0 spiro atoms. The number of rotatable bonds is 5. The van der Waals surface area contributed by atoms with Crippen LogP contribution in [-0.4, -0.2) is 35.9 Å². The average molecular weight is 354 g/mol. The number of carbonyl (C=O) groups is 1. The largest absolute Gasteiger partial charge is 0.481 e. The Labute approximate surface area is 134 Å². The van der Waals surface area contributed by atoms with E-state index in [1.54, 1.807) is 26.8 Å². The minimum absolute atomic E-state index is 0.00655. The van der Waals surface area contributed by atoms with Gasteiger partial charge in [0.05, 0.1) is 16.5 Å². The number of hydrogen-bond acceptors (Lipinski definition) is 3. The molecule has 0 aliphatic carbocycles. The summed E-state index contributed by atoms with van der Waals surface area (Å²) < 4.78 is 26.7. The maximum absolute atomic E-state index is 12.8. The Kier molecular flexibility index (Phi) is 5.66. The fourth-order valence-electron chi connectivity index (χ4n) is 1.85. The minimum Gasteiger partial charge on any atom is -0.481 e. The zero-order valence-corrected chi connectivity index (χ0v) is 14.3. The molecule has 1 N–H and O–H groups in total. The first-order valence-electron chi connectivity index (χ1n) is 6.16. The summed E-state index contributed by atoms with van der Waals surface area (Å²) in [5.74, 6) is -1.08. The van der Waals surface area contributed by atoms with Crippen molar-refractivity contribution in [2.75, 3.05) is 6.54 Å². The molecular weight excluding hydrogens is 337 g/mol. The summed E-state index contributed by atoms with van der Waals surface area (Å²) in [6.45, 7) is 4.87. The van der Waals surface area contributed by atoms with Crippen molar-refractivity contribution in [3.8, 4) is 0 Å². The van der Waals surface area contributed by atoms with Gasteiger partial charge in [0.25, 0.3) is 0 Å². The number of hydrogen-bond donors (Lipinski definition) is 1. The molecule has 0 aliphatic heterocycles. The van der Waals surface area contributed by atoms with E-state index in [4.69, 9.17) is 28.3 Å². The summed E-state index contributed by atoms with van der Waals surface area (Å²) in [5.41, 5.74) is -0.809. The highest BCUT2D eigenvalue weighted by atomic mass is 35.5. The van der Waals surface area contributed by atoms with Gasteiger partial charge in [-0.25, -0.2) is 8.42 Å². The van der Waals surface area contributed by atoms with Crippen LogP contribution in [0.1, 0.15) is 27.2 Å². The Bertz CT molecular complexity index is 618. The van der Waals surface area contributed by atoms with Crippen LogP contribution in [0.3, 0.4) is 0 Å². The second-order valence-electron chi connectivity index (χ2n) is 5.44. The quantitative estimate of drug-likeness (QED) is 0.881. The van der Waals surface area contributed by atoms with Gasteiger partial charge in [0, 0.05) is 12.1 Å². The molecule has 0 aromatic heterocycles. The maximum atomic E-state index is 12.8. The first-order valence-corrected chi connectivity index (χ1v) is 8.36. The van der Waals surface area contributed by atoms with Crippen molar-refractivity contribution in [3.05, 3.63) is 28.2 Å². The molecule has 5 nitrogen and oxygen atoms in total. The first-order chi connectivity index (χ1) is 9.48. The van der Waals surface area contributed by atoms with E-state index in [1.807, 2.05) is 0 Å². The van der Waals surface area contributed by atoms with Gasteiger partial charge in [0.15, 0.2) is 0 Å². The molecular formula is C13H17Cl2NO4S. The summed E-state index contributed by atoms with van der Waals surface area (Å²) >= 11 is 11.9. The standard InChI is InChI=1S/C13H17Cl2NO4S/c1-13(2,3)16(8-7-11(17)18)21(19,20)12-9(14)5-4-6-10(12)15/h4-6H,7-8H2,1-3H3,(H,17,18). The number of sulfonamides is 1. The fourth-order valence-corrected chi connectivity index (χ4v) is 4.74. The molecule has 0 saturated heterocycles. The van der Waals surface area contributed by atoms with Crippen LogP contribution >= 0.6 is 23.2 Å². The van der Waals surface area contributed by atoms with Crippen molar-refractivity contribution < 1.29 is 18.3 Å². The van der Waals surface area contributed by atoms with Crippen molar-refractivity contribution >= 4 is 39.2 Å². The van der Waals surface area contributed by atoms with E-state index in [0.717, 1.165) is 4.31 Å². The third-order valence-corrected chi connectivity index (χ3v) is 5.86. The molecule has 0 aliphatic rings.